The monoisotopic (exact) mass is 286 g/mol. The van der Waals surface area contributed by atoms with Gasteiger partial charge in [0.1, 0.15) is 11.8 Å². The zero-order valence-electron chi connectivity index (χ0n) is 10.6. The first kappa shape index (κ1) is 13.9. The number of non-ortho nitro benzene ring substituents is 1. The second-order valence-corrected chi connectivity index (χ2v) is 4.94. The molecule has 2 aromatic carbocycles. The van der Waals surface area contributed by atoms with E-state index in [4.69, 9.17) is 10.00 Å². The van der Waals surface area contributed by atoms with Crippen LogP contribution < -0.4 is 4.74 Å². The molecule has 100 valence electrons. The van der Waals surface area contributed by atoms with Crippen LogP contribution in [0.5, 0.6) is 5.75 Å². The van der Waals surface area contributed by atoms with Crippen LogP contribution >= 0.6 is 11.8 Å². The number of nitro benzene ring substituents is 1. The Balaban J connectivity index is 2.29. The van der Waals surface area contributed by atoms with Gasteiger partial charge >= 0.3 is 0 Å². The van der Waals surface area contributed by atoms with Gasteiger partial charge in [0.2, 0.25) is 0 Å². The summed E-state index contributed by atoms with van der Waals surface area (Å²) in [5.74, 6) is 0.661. The number of benzene rings is 2. The van der Waals surface area contributed by atoms with Gasteiger partial charge < -0.3 is 4.74 Å². The van der Waals surface area contributed by atoms with E-state index in [1.807, 2.05) is 0 Å². The maximum atomic E-state index is 10.6. The van der Waals surface area contributed by atoms with Crippen molar-refractivity contribution >= 4 is 17.4 Å². The maximum absolute atomic E-state index is 10.6. The summed E-state index contributed by atoms with van der Waals surface area (Å²) in [5, 5.41) is 19.7. The predicted octanol–water partition coefficient (Wildman–Crippen LogP) is 3.63. The Morgan fingerprint density at radius 2 is 1.95 bits per heavy atom. The predicted molar refractivity (Wildman–Crippen MR) is 74.9 cm³/mol. The second kappa shape index (κ2) is 6.08. The molecule has 0 aliphatic carbocycles. The van der Waals surface area contributed by atoms with Crippen LogP contribution in [0.4, 0.5) is 5.69 Å². The van der Waals surface area contributed by atoms with Gasteiger partial charge in [-0.25, -0.2) is 0 Å². The molecule has 0 heterocycles. The normalized spacial score (nSPS) is 9.80. The first-order valence-electron chi connectivity index (χ1n) is 5.64. The summed E-state index contributed by atoms with van der Waals surface area (Å²) in [6.45, 7) is 0. The van der Waals surface area contributed by atoms with E-state index in [1.165, 1.54) is 23.9 Å². The van der Waals surface area contributed by atoms with Crippen LogP contribution in [0.1, 0.15) is 5.56 Å². The fraction of sp³-hybridized carbons (Fsp3) is 0.0714. The summed E-state index contributed by atoms with van der Waals surface area (Å²) in [6, 6.07) is 13.5. The molecular formula is C14H10N2O3S. The topological polar surface area (TPSA) is 76.2 Å². The first-order chi connectivity index (χ1) is 9.63. The summed E-state index contributed by atoms with van der Waals surface area (Å²) in [7, 11) is 1.56. The number of hydrogen-bond acceptors (Lipinski definition) is 5. The van der Waals surface area contributed by atoms with Gasteiger partial charge in [-0.05, 0) is 30.3 Å². The molecule has 0 saturated heterocycles. The van der Waals surface area contributed by atoms with Gasteiger partial charge in [0.25, 0.3) is 5.69 Å². The minimum absolute atomic E-state index is 0.0421. The fourth-order valence-electron chi connectivity index (χ4n) is 1.57. The van der Waals surface area contributed by atoms with Gasteiger partial charge in [-0.1, -0.05) is 11.8 Å². The van der Waals surface area contributed by atoms with Crippen molar-refractivity contribution in [2.45, 2.75) is 9.79 Å². The quantitative estimate of drug-likeness (QED) is 0.633. The molecule has 0 radical (unpaired) electrons. The van der Waals surface area contributed by atoms with E-state index in [0.717, 1.165) is 9.79 Å². The van der Waals surface area contributed by atoms with Crippen molar-refractivity contribution in [2.75, 3.05) is 7.11 Å². The number of nitro groups is 1. The van der Waals surface area contributed by atoms with Gasteiger partial charge in [0.15, 0.2) is 0 Å². The Morgan fingerprint density at radius 3 is 2.50 bits per heavy atom. The lowest BCUT2D eigenvalue weighted by Crippen LogP contribution is -1.88. The number of nitriles is 1. The third kappa shape index (κ3) is 3.08. The third-order valence-corrected chi connectivity index (χ3v) is 3.65. The Labute approximate surface area is 120 Å². The molecule has 20 heavy (non-hydrogen) atoms. The Kier molecular flexibility index (Phi) is 4.23. The van der Waals surface area contributed by atoms with E-state index in [2.05, 4.69) is 6.07 Å². The average Bonchev–Trinajstić information content (AvgIpc) is 2.47. The van der Waals surface area contributed by atoms with E-state index in [-0.39, 0.29) is 5.69 Å². The third-order valence-electron chi connectivity index (χ3n) is 2.58. The van der Waals surface area contributed by atoms with E-state index < -0.39 is 4.92 Å². The van der Waals surface area contributed by atoms with Crippen LogP contribution in [0.3, 0.4) is 0 Å². The maximum Gasteiger partial charge on any atom is 0.269 e. The average molecular weight is 286 g/mol. The molecule has 0 bridgehead atoms. The van der Waals surface area contributed by atoms with Crippen LogP contribution in [0.25, 0.3) is 0 Å². The summed E-state index contributed by atoms with van der Waals surface area (Å²) in [6.07, 6.45) is 0. The lowest BCUT2D eigenvalue weighted by atomic mass is 10.2. The summed E-state index contributed by atoms with van der Waals surface area (Å²) < 4.78 is 5.13. The van der Waals surface area contributed by atoms with Crippen molar-refractivity contribution in [3.8, 4) is 11.8 Å². The second-order valence-electron chi connectivity index (χ2n) is 3.83. The van der Waals surface area contributed by atoms with Crippen LogP contribution in [0.15, 0.2) is 52.3 Å². The van der Waals surface area contributed by atoms with Gasteiger partial charge in [-0.3, -0.25) is 10.1 Å². The molecule has 2 rings (SSSR count). The van der Waals surface area contributed by atoms with Gasteiger partial charge in [-0.15, -0.1) is 0 Å². The van der Waals surface area contributed by atoms with Crippen LogP contribution in [-0.4, -0.2) is 12.0 Å². The van der Waals surface area contributed by atoms with Gasteiger partial charge in [-0.2, -0.15) is 5.26 Å². The first-order valence-corrected chi connectivity index (χ1v) is 6.46. The van der Waals surface area contributed by atoms with Crippen molar-refractivity contribution in [2.24, 2.45) is 0 Å². The largest absolute Gasteiger partial charge is 0.497 e. The molecule has 6 heteroatoms. The highest BCUT2D eigenvalue weighted by Gasteiger charge is 2.08. The van der Waals surface area contributed by atoms with E-state index in [0.29, 0.717) is 11.3 Å². The van der Waals surface area contributed by atoms with Crippen molar-refractivity contribution in [3.05, 3.63) is 58.1 Å². The molecule has 0 amide bonds. The highest BCUT2D eigenvalue weighted by atomic mass is 32.2. The van der Waals surface area contributed by atoms with E-state index >= 15 is 0 Å². The minimum Gasteiger partial charge on any atom is -0.497 e. The molecule has 0 unspecified atom stereocenters. The number of nitrogens with zero attached hydrogens (tertiary/aromatic N) is 2. The summed E-state index contributed by atoms with van der Waals surface area (Å²) >= 11 is 1.36. The van der Waals surface area contributed by atoms with Crippen LogP contribution in [0, 0.1) is 21.4 Å². The van der Waals surface area contributed by atoms with Crippen molar-refractivity contribution in [3.63, 3.8) is 0 Å². The molecule has 0 fully saturated rings. The molecule has 0 spiro atoms. The molecule has 5 nitrogen and oxygen atoms in total. The standard InChI is InChI=1S/C14H10N2O3S/c1-19-12-5-2-10(9-15)14(8-12)20-13-6-3-11(4-7-13)16(17)18/h2-8H,1H3. The lowest BCUT2D eigenvalue weighted by Gasteiger charge is -2.06. The zero-order chi connectivity index (χ0) is 14.5. The summed E-state index contributed by atoms with van der Waals surface area (Å²) in [5.41, 5.74) is 0.578. The SMILES string of the molecule is COc1ccc(C#N)c(Sc2ccc([N+](=O)[O-])cc2)c1. The Bertz CT molecular complexity index is 678. The lowest BCUT2D eigenvalue weighted by molar-refractivity contribution is -0.384. The molecule has 0 atom stereocenters. The molecule has 2 aromatic rings. The van der Waals surface area contributed by atoms with Crippen molar-refractivity contribution < 1.29 is 9.66 Å². The molecular weight excluding hydrogens is 276 g/mol. The molecule has 0 aliphatic rings. The van der Waals surface area contributed by atoms with E-state index in [1.54, 1.807) is 37.4 Å². The summed E-state index contributed by atoms with van der Waals surface area (Å²) in [4.78, 5) is 11.7. The van der Waals surface area contributed by atoms with Crippen LogP contribution in [-0.2, 0) is 0 Å². The van der Waals surface area contributed by atoms with E-state index in [9.17, 15) is 10.1 Å². The van der Waals surface area contributed by atoms with Gasteiger partial charge in [0.05, 0.1) is 17.6 Å². The smallest absolute Gasteiger partial charge is 0.269 e. The molecule has 0 aliphatic heterocycles. The zero-order valence-corrected chi connectivity index (χ0v) is 11.4. The molecule has 0 aromatic heterocycles. The number of ether oxygens (including phenoxy) is 1. The van der Waals surface area contributed by atoms with Crippen molar-refractivity contribution in [1.82, 2.24) is 0 Å². The van der Waals surface area contributed by atoms with Gasteiger partial charge in [0, 0.05) is 21.9 Å². The van der Waals surface area contributed by atoms with Crippen molar-refractivity contribution in [1.29, 1.82) is 5.26 Å². The number of rotatable bonds is 4. The Morgan fingerprint density at radius 1 is 1.25 bits per heavy atom. The molecule has 0 saturated carbocycles. The Hall–Kier alpha value is -2.52. The minimum atomic E-state index is -0.444. The number of hydrogen-bond donors (Lipinski definition) is 0. The van der Waals surface area contributed by atoms with Crippen LogP contribution in [0.2, 0.25) is 0 Å². The number of methoxy groups -OCH3 is 1. The highest BCUT2D eigenvalue weighted by Crippen LogP contribution is 2.33. The molecule has 0 N–H and O–H groups in total. The highest BCUT2D eigenvalue weighted by molar-refractivity contribution is 7.99. The fourth-order valence-corrected chi connectivity index (χ4v) is 2.49.